The number of halogens is 7. The minimum absolute atomic E-state index is 0.0888. The smallest absolute Gasteiger partial charge is 0.386 e. The van der Waals surface area contributed by atoms with Gasteiger partial charge in [0.2, 0.25) is 0 Å². The quantitative estimate of drug-likeness (QED) is 0.816. The Morgan fingerprint density at radius 1 is 0.889 bits per heavy atom. The molecule has 0 aliphatic heterocycles. The average molecular weight is 276 g/mol. The van der Waals surface area contributed by atoms with Gasteiger partial charge in [0.15, 0.2) is 0 Å². The van der Waals surface area contributed by atoms with Crippen molar-refractivity contribution >= 4 is 0 Å². The van der Waals surface area contributed by atoms with E-state index in [9.17, 15) is 30.7 Å². The van der Waals surface area contributed by atoms with Gasteiger partial charge in [-0.25, -0.2) is 4.39 Å². The van der Waals surface area contributed by atoms with E-state index in [2.05, 4.69) is 0 Å². The van der Waals surface area contributed by atoms with Crippen LogP contribution in [0, 0.1) is 0 Å². The Kier molecular flexibility index (Phi) is 3.89. The summed E-state index contributed by atoms with van der Waals surface area (Å²) >= 11 is 0. The van der Waals surface area contributed by atoms with Gasteiger partial charge in [0.05, 0.1) is 11.1 Å². The molecule has 102 valence electrons. The fourth-order valence-corrected chi connectivity index (χ4v) is 1.26. The molecule has 1 aromatic carbocycles. The number of rotatable bonds is 2. The lowest BCUT2D eigenvalue weighted by molar-refractivity contribution is -0.143. The highest BCUT2D eigenvalue weighted by Crippen LogP contribution is 2.37. The van der Waals surface area contributed by atoms with E-state index in [0.717, 1.165) is 0 Å². The minimum atomic E-state index is -5.01. The van der Waals surface area contributed by atoms with E-state index in [0.29, 0.717) is 12.1 Å². The second kappa shape index (κ2) is 4.75. The van der Waals surface area contributed by atoms with Crippen LogP contribution in [-0.4, -0.2) is 11.8 Å². The SMILES string of the molecule is OC(CF)c1cc(C(F)(F)F)cc(C(F)(F)F)c1. The number of alkyl halides is 7. The highest BCUT2D eigenvalue weighted by Gasteiger charge is 2.37. The van der Waals surface area contributed by atoms with Crippen LogP contribution in [0.25, 0.3) is 0 Å². The zero-order chi connectivity index (χ0) is 14.1. The van der Waals surface area contributed by atoms with Crippen molar-refractivity contribution < 1.29 is 35.8 Å². The molecule has 0 aliphatic carbocycles. The Balaban J connectivity index is 3.39. The molecule has 1 nitrogen and oxygen atoms in total. The van der Waals surface area contributed by atoms with E-state index in [1.54, 1.807) is 0 Å². The molecule has 0 heterocycles. The van der Waals surface area contributed by atoms with Crippen LogP contribution in [0.4, 0.5) is 30.7 Å². The molecule has 1 unspecified atom stereocenters. The first-order chi connectivity index (χ1) is 8.05. The van der Waals surface area contributed by atoms with Crippen LogP contribution in [-0.2, 0) is 12.4 Å². The Morgan fingerprint density at radius 3 is 1.56 bits per heavy atom. The molecule has 0 amide bonds. The number of aliphatic hydroxyl groups is 1. The maximum absolute atomic E-state index is 12.4. The summed E-state index contributed by atoms with van der Waals surface area (Å²) in [6.45, 7) is -1.47. The largest absolute Gasteiger partial charge is 0.416 e. The number of hydrogen-bond acceptors (Lipinski definition) is 1. The van der Waals surface area contributed by atoms with Gasteiger partial charge in [-0.05, 0) is 23.8 Å². The van der Waals surface area contributed by atoms with Crippen molar-refractivity contribution in [1.82, 2.24) is 0 Å². The first-order valence-corrected chi connectivity index (χ1v) is 4.59. The lowest BCUT2D eigenvalue weighted by Crippen LogP contribution is -2.13. The number of benzene rings is 1. The van der Waals surface area contributed by atoms with E-state index in [-0.39, 0.29) is 6.07 Å². The molecule has 0 spiro atoms. The number of hydrogen-bond donors (Lipinski definition) is 1. The standard InChI is InChI=1S/C10H7F7O/c11-4-8(18)5-1-6(9(12,13)14)3-7(2-5)10(15,16)17/h1-3,8,18H,4H2. The molecule has 0 saturated heterocycles. The van der Waals surface area contributed by atoms with Gasteiger partial charge >= 0.3 is 12.4 Å². The van der Waals surface area contributed by atoms with Crippen molar-refractivity contribution in [3.8, 4) is 0 Å². The van der Waals surface area contributed by atoms with E-state index in [4.69, 9.17) is 5.11 Å². The predicted octanol–water partition coefficient (Wildman–Crippen LogP) is 3.73. The summed E-state index contributed by atoms with van der Waals surface area (Å²) in [5.41, 5.74) is -3.93. The summed E-state index contributed by atoms with van der Waals surface area (Å²) in [6, 6.07) is 0.493. The van der Waals surface area contributed by atoms with Gasteiger partial charge in [-0.15, -0.1) is 0 Å². The van der Waals surface area contributed by atoms with E-state index in [1.807, 2.05) is 0 Å². The second-order valence-corrected chi connectivity index (χ2v) is 3.51. The van der Waals surface area contributed by atoms with Crippen LogP contribution in [0.3, 0.4) is 0 Å². The van der Waals surface area contributed by atoms with Crippen molar-refractivity contribution in [2.45, 2.75) is 18.5 Å². The Bertz CT molecular complexity index is 389. The topological polar surface area (TPSA) is 20.2 Å². The maximum atomic E-state index is 12.4. The van der Waals surface area contributed by atoms with Crippen molar-refractivity contribution in [1.29, 1.82) is 0 Å². The molecule has 0 aromatic heterocycles. The summed E-state index contributed by atoms with van der Waals surface area (Å²) in [7, 11) is 0. The average Bonchev–Trinajstić information content (AvgIpc) is 2.25. The molecule has 1 N–H and O–H groups in total. The zero-order valence-electron chi connectivity index (χ0n) is 8.61. The van der Waals surface area contributed by atoms with Gasteiger partial charge in [0.25, 0.3) is 0 Å². The molecular formula is C10H7F7O. The van der Waals surface area contributed by atoms with Gasteiger partial charge in [-0.1, -0.05) is 0 Å². The molecular weight excluding hydrogens is 269 g/mol. The van der Waals surface area contributed by atoms with Gasteiger partial charge in [0.1, 0.15) is 12.8 Å². The maximum Gasteiger partial charge on any atom is 0.416 e. The van der Waals surface area contributed by atoms with Crippen molar-refractivity contribution in [3.05, 3.63) is 34.9 Å². The Labute approximate surface area is 96.8 Å². The zero-order valence-corrected chi connectivity index (χ0v) is 8.61. The molecule has 0 fully saturated rings. The van der Waals surface area contributed by atoms with Gasteiger partial charge in [-0.2, -0.15) is 26.3 Å². The fourth-order valence-electron chi connectivity index (χ4n) is 1.26. The highest BCUT2D eigenvalue weighted by molar-refractivity contribution is 5.34. The van der Waals surface area contributed by atoms with Crippen LogP contribution in [0.5, 0.6) is 0 Å². The van der Waals surface area contributed by atoms with Crippen LogP contribution in [0.15, 0.2) is 18.2 Å². The third-order valence-corrected chi connectivity index (χ3v) is 2.14. The molecule has 1 atom stereocenters. The van der Waals surface area contributed by atoms with Crippen LogP contribution in [0.2, 0.25) is 0 Å². The fraction of sp³-hybridized carbons (Fsp3) is 0.400. The van der Waals surface area contributed by atoms with Crippen molar-refractivity contribution in [3.63, 3.8) is 0 Å². The summed E-state index contributed by atoms with van der Waals surface area (Å²) < 4.78 is 86.3. The van der Waals surface area contributed by atoms with Crippen LogP contribution < -0.4 is 0 Å². The third-order valence-electron chi connectivity index (χ3n) is 2.14. The first-order valence-electron chi connectivity index (χ1n) is 4.59. The Hall–Kier alpha value is -1.31. The number of aliphatic hydroxyl groups excluding tert-OH is 1. The first kappa shape index (κ1) is 14.7. The van der Waals surface area contributed by atoms with Crippen LogP contribution >= 0.6 is 0 Å². The van der Waals surface area contributed by atoms with Crippen molar-refractivity contribution in [2.75, 3.05) is 6.67 Å². The second-order valence-electron chi connectivity index (χ2n) is 3.51. The van der Waals surface area contributed by atoms with Gasteiger partial charge in [-0.3, -0.25) is 0 Å². The van der Waals surface area contributed by atoms with E-state index >= 15 is 0 Å². The molecule has 0 aliphatic rings. The monoisotopic (exact) mass is 276 g/mol. The predicted molar refractivity (Wildman–Crippen MR) is 47.4 cm³/mol. The highest BCUT2D eigenvalue weighted by atomic mass is 19.4. The van der Waals surface area contributed by atoms with E-state index < -0.39 is 41.8 Å². The normalized spacial score (nSPS) is 14.7. The minimum Gasteiger partial charge on any atom is -0.386 e. The van der Waals surface area contributed by atoms with Crippen LogP contribution in [0.1, 0.15) is 22.8 Å². The summed E-state index contributed by atoms with van der Waals surface area (Å²) in [4.78, 5) is 0. The van der Waals surface area contributed by atoms with E-state index in [1.165, 1.54) is 0 Å². The molecule has 8 heteroatoms. The molecule has 0 radical (unpaired) electrons. The van der Waals surface area contributed by atoms with Crippen molar-refractivity contribution in [2.24, 2.45) is 0 Å². The molecule has 1 rings (SSSR count). The van der Waals surface area contributed by atoms with Gasteiger partial charge in [0, 0.05) is 0 Å². The summed E-state index contributed by atoms with van der Waals surface area (Å²) in [6.07, 6.45) is -12.0. The summed E-state index contributed by atoms with van der Waals surface area (Å²) in [5.74, 6) is 0. The lowest BCUT2D eigenvalue weighted by Gasteiger charge is -2.15. The van der Waals surface area contributed by atoms with Gasteiger partial charge < -0.3 is 5.11 Å². The molecule has 18 heavy (non-hydrogen) atoms. The third kappa shape index (κ3) is 3.34. The Morgan fingerprint density at radius 2 is 1.28 bits per heavy atom. The molecule has 1 aromatic rings. The summed E-state index contributed by atoms with van der Waals surface area (Å²) in [5, 5.41) is 9.00. The molecule has 0 saturated carbocycles. The molecule has 0 bridgehead atoms. The lowest BCUT2D eigenvalue weighted by atomic mass is 10.0.